The van der Waals surface area contributed by atoms with E-state index < -0.39 is 6.16 Å². The Labute approximate surface area is 77.7 Å². The Hall–Kier alpha value is -0.640. The number of hydrogen-bond acceptors (Lipinski definition) is 3. The maximum atomic E-state index is 9.91. The van der Waals surface area contributed by atoms with Gasteiger partial charge in [0, 0.05) is 0 Å². The summed E-state index contributed by atoms with van der Waals surface area (Å²) in [6, 6.07) is 0. The standard InChI is InChI=1S/C8H14O3S/c1-2-4-7(12)5-3-6-11-8(9)10/h2-6H2,1H3,(H,9,10). The molecule has 0 aromatic carbocycles. The third kappa shape index (κ3) is 7.47. The van der Waals surface area contributed by atoms with Gasteiger partial charge in [-0.2, -0.15) is 0 Å². The normalized spacial score (nSPS) is 9.42. The zero-order valence-corrected chi connectivity index (χ0v) is 8.02. The molecule has 4 heteroatoms. The fraction of sp³-hybridized carbons (Fsp3) is 0.750. The van der Waals surface area contributed by atoms with Crippen molar-refractivity contribution in [2.24, 2.45) is 0 Å². The molecule has 0 aromatic rings. The fourth-order valence-corrected chi connectivity index (χ4v) is 1.18. The summed E-state index contributed by atoms with van der Waals surface area (Å²) >= 11 is 5.03. The lowest BCUT2D eigenvalue weighted by Crippen LogP contribution is -2.03. The smallest absolute Gasteiger partial charge is 0.450 e. The predicted molar refractivity (Wildman–Crippen MR) is 50.7 cm³/mol. The van der Waals surface area contributed by atoms with E-state index in [4.69, 9.17) is 17.3 Å². The average Bonchev–Trinajstić information content (AvgIpc) is 1.98. The number of thiocarbonyl (C=S) groups is 1. The van der Waals surface area contributed by atoms with Crippen LogP contribution in [0.5, 0.6) is 0 Å². The molecule has 70 valence electrons. The first-order valence-corrected chi connectivity index (χ1v) is 4.45. The summed E-state index contributed by atoms with van der Waals surface area (Å²) in [5.74, 6) is 0. The van der Waals surface area contributed by atoms with Crippen LogP contribution in [0.15, 0.2) is 0 Å². The molecule has 0 aliphatic rings. The van der Waals surface area contributed by atoms with E-state index >= 15 is 0 Å². The maximum absolute atomic E-state index is 9.91. The van der Waals surface area contributed by atoms with Crippen molar-refractivity contribution in [3.8, 4) is 0 Å². The summed E-state index contributed by atoms with van der Waals surface area (Å²) in [5, 5.41) is 8.13. The van der Waals surface area contributed by atoms with Gasteiger partial charge in [0.2, 0.25) is 0 Å². The van der Waals surface area contributed by atoms with Crippen molar-refractivity contribution in [3.05, 3.63) is 0 Å². The zero-order valence-electron chi connectivity index (χ0n) is 7.21. The lowest BCUT2D eigenvalue weighted by molar-refractivity contribution is 0.0911. The third-order valence-corrected chi connectivity index (χ3v) is 1.76. The summed E-state index contributed by atoms with van der Waals surface area (Å²) in [7, 11) is 0. The summed E-state index contributed by atoms with van der Waals surface area (Å²) in [4.78, 5) is 10.9. The minimum atomic E-state index is -1.21. The molecule has 0 rings (SSSR count). The first-order valence-electron chi connectivity index (χ1n) is 4.04. The summed E-state index contributed by atoms with van der Waals surface area (Å²) in [6.45, 7) is 2.32. The van der Waals surface area contributed by atoms with Crippen LogP contribution in [0.1, 0.15) is 32.6 Å². The Kier molecular flexibility index (Phi) is 6.66. The van der Waals surface area contributed by atoms with Crippen LogP contribution in [-0.2, 0) is 4.74 Å². The molecule has 0 unspecified atom stereocenters. The topological polar surface area (TPSA) is 46.5 Å². The van der Waals surface area contributed by atoms with E-state index in [-0.39, 0.29) is 6.61 Å². The van der Waals surface area contributed by atoms with Gasteiger partial charge >= 0.3 is 6.16 Å². The van der Waals surface area contributed by atoms with Crippen molar-refractivity contribution in [3.63, 3.8) is 0 Å². The van der Waals surface area contributed by atoms with Gasteiger partial charge in [-0.05, 0) is 24.1 Å². The molecule has 12 heavy (non-hydrogen) atoms. The summed E-state index contributed by atoms with van der Waals surface area (Å²) in [5.41, 5.74) is 0. The summed E-state index contributed by atoms with van der Waals surface area (Å²) in [6.07, 6.45) is 2.28. The molecule has 0 aliphatic carbocycles. The first kappa shape index (κ1) is 11.4. The highest BCUT2D eigenvalue weighted by molar-refractivity contribution is 7.80. The van der Waals surface area contributed by atoms with Crippen LogP contribution in [-0.4, -0.2) is 22.7 Å². The van der Waals surface area contributed by atoms with Crippen molar-refractivity contribution in [2.45, 2.75) is 32.6 Å². The minimum absolute atomic E-state index is 0.249. The highest BCUT2D eigenvalue weighted by atomic mass is 32.1. The number of carbonyl (C=O) groups is 1. The van der Waals surface area contributed by atoms with Gasteiger partial charge in [-0.3, -0.25) is 0 Å². The minimum Gasteiger partial charge on any atom is -0.450 e. The Morgan fingerprint density at radius 1 is 1.50 bits per heavy atom. The van der Waals surface area contributed by atoms with E-state index in [0.717, 1.165) is 24.1 Å². The van der Waals surface area contributed by atoms with Crippen molar-refractivity contribution >= 4 is 23.2 Å². The van der Waals surface area contributed by atoms with E-state index in [9.17, 15) is 4.79 Å². The highest BCUT2D eigenvalue weighted by Gasteiger charge is 1.98. The largest absolute Gasteiger partial charge is 0.505 e. The Bertz CT molecular complexity index is 156. The zero-order chi connectivity index (χ0) is 9.40. The van der Waals surface area contributed by atoms with Gasteiger partial charge in [0.25, 0.3) is 0 Å². The van der Waals surface area contributed by atoms with Gasteiger partial charge in [-0.25, -0.2) is 4.79 Å². The Morgan fingerprint density at radius 3 is 2.67 bits per heavy atom. The first-order chi connectivity index (χ1) is 5.66. The lowest BCUT2D eigenvalue weighted by Gasteiger charge is -2.01. The quantitative estimate of drug-likeness (QED) is 0.397. The van der Waals surface area contributed by atoms with Crippen LogP contribution in [0, 0.1) is 0 Å². The molecule has 0 amide bonds. The van der Waals surface area contributed by atoms with E-state index in [1.54, 1.807) is 0 Å². The Balaban J connectivity index is 3.19. The van der Waals surface area contributed by atoms with E-state index in [1.807, 2.05) is 0 Å². The predicted octanol–water partition coefficient (Wildman–Crippen LogP) is 2.63. The molecule has 0 aliphatic heterocycles. The second-order valence-electron chi connectivity index (χ2n) is 2.51. The van der Waals surface area contributed by atoms with E-state index in [0.29, 0.717) is 6.42 Å². The molecule has 0 fully saturated rings. The van der Waals surface area contributed by atoms with Crippen LogP contribution in [0.4, 0.5) is 4.79 Å². The number of hydrogen-bond donors (Lipinski definition) is 1. The van der Waals surface area contributed by atoms with Gasteiger partial charge in [0.15, 0.2) is 0 Å². The van der Waals surface area contributed by atoms with Crippen molar-refractivity contribution in [1.82, 2.24) is 0 Å². The number of ether oxygens (including phenoxy) is 1. The number of carboxylic acid groups (broad SMARTS) is 1. The molecule has 3 nitrogen and oxygen atoms in total. The monoisotopic (exact) mass is 190 g/mol. The second kappa shape index (κ2) is 7.03. The van der Waals surface area contributed by atoms with Crippen molar-refractivity contribution in [1.29, 1.82) is 0 Å². The molecule has 0 spiro atoms. The molecule has 0 atom stereocenters. The molecule has 0 heterocycles. The van der Waals surface area contributed by atoms with Crippen LogP contribution >= 0.6 is 12.2 Å². The van der Waals surface area contributed by atoms with Gasteiger partial charge in [-0.15, -0.1) is 0 Å². The second-order valence-corrected chi connectivity index (χ2v) is 3.08. The maximum Gasteiger partial charge on any atom is 0.505 e. The molecule has 1 N–H and O–H groups in total. The van der Waals surface area contributed by atoms with Gasteiger partial charge in [0.05, 0.1) is 6.61 Å². The molecular formula is C8H14O3S. The van der Waals surface area contributed by atoms with Crippen molar-refractivity contribution < 1.29 is 14.6 Å². The van der Waals surface area contributed by atoms with Gasteiger partial charge in [0.1, 0.15) is 0 Å². The van der Waals surface area contributed by atoms with E-state index in [1.165, 1.54) is 0 Å². The van der Waals surface area contributed by atoms with Gasteiger partial charge < -0.3 is 9.84 Å². The van der Waals surface area contributed by atoms with Crippen LogP contribution in [0.2, 0.25) is 0 Å². The van der Waals surface area contributed by atoms with Crippen LogP contribution in [0.3, 0.4) is 0 Å². The van der Waals surface area contributed by atoms with Crippen molar-refractivity contribution in [2.75, 3.05) is 6.61 Å². The SMILES string of the molecule is CCCC(=S)CCCOC(=O)O. The Morgan fingerprint density at radius 2 is 2.17 bits per heavy atom. The number of rotatable bonds is 6. The molecule has 0 bridgehead atoms. The molecule has 0 saturated carbocycles. The van der Waals surface area contributed by atoms with Crippen LogP contribution in [0.25, 0.3) is 0 Å². The highest BCUT2D eigenvalue weighted by Crippen LogP contribution is 2.00. The van der Waals surface area contributed by atoms with Gasteiger partial charge in [-0.1, -0.05) is 25.6 Å². The molecule has 0 radical (unpaired) electrons. The molecule has 0 saturated heterocycles. The molecule has 0 aromatic heterocycles. The summed E-state index contributed by atoms with van der Waals surface area (Å²) < 4.78 is 4.33. The van der Waals surface area contributed by atoms with Crippen LogP contribution < -0.4 is 0 Å². The van der Waals surface area contributed by atoms with E-state index in [2.05, 4.69) is 11.7 Å². The lowest BCUT2D eigenvalue weighted by atomic mass is 10.2. The fourth-order valence-electron chi connectivity index (χ4n) is 0.833. The average molecular weight is 190 g/mol. The molecular weight excluding hydrogens is 176 g/mol. The third-order valence-electron chi connectivity index (χ3n) is 1.35.